The molecular weight excluding hydrogens is 172 g/mol. The molecule has 80 valence electrons. The lowest BCUT2D eigenvalue weighted by Gasteiger charge is -2.06. The lowest BCUT2D eigenvalue weighted by molar-refractivity contribution is -0.119. The largest absolute Gasteiger partial charge is 0.299 e. The Morgan fingerprint density at radius 2 is 2.07 bits per heavy atom. The minimum atomic E-state index is 0.139. The van der Waals surface area contributed by atoms with Crippen LogP contribution in [-0.4, -0.2) is 5.78 Å². The first-order chi connectivity index (χ1) is 6.72. The summed E-state index contributed by atoms with van der Waals surface area (Å²) < 4.78 is 0. The number of carbonyl (C=O) groups excluding carboxylic acids is 1. The predicted octanol–water partition coefficient (Wildman–Crippen LogP) is 3.90. The average molecular weight is 194 g/mol. The van der Waals surface area contributed by atoms with Crippen LogP contribution in [0.2, 0.25) is 0 Å². The number of hydrogen-bond donors (Lipinski definition) is 0. The first-order valence-corrected chi connectivity index (χ1v) is 5.50. The van der Waals surface area contributed by atoms with E-state index in [0.29, 0.717) is 0 Å². The van der Waals surface area contributed by atoms with Gasteiger partial charge in [0.15, 0.2) is 0 Å². The molecule has 1 nitrogen and oxygen atoms in total. The molecule has 1 atom stereocenters. The van der Waals surface area contributed by atoms with Crippen molar-refractivity contribution < 1.29 is 4.79 Å². The summed E-state index contributed by atoms with van der Waals surface area (Å²) in [4.78, 5) is 11.2. The maximum Gasteiger partial charge on any atom is 0.136 e. The van der Waals surface area contributed by atoms with Crippen molar-refractivity contribution >= 4 is 5.78 Å². The molecule has 0 heterocycles. The van der Waals surface area contributed by atoms with E-state index < -0.39 is 0 Å². The summed E-state index contributed by atoms with van der Waals surface area (Å²) in [5, 5.41) is 0. The van der Waals surface area contributed by atoms with Crippen LogP contribution in [-0.2, 0) is 4.79 Å². The van der Waals surface area contributed by atoms with Gasteiger partial charge in [0.2, 0.25) is 0 Å². The molecule has 0 aromatic rings. The second kappa shape index (κ2) is 8.74. The predicted molar refractivity (Wildman–Crippen MR) is 62.3 cm³/mol. The van der Waals surface area contributed by atoms with Crippen LogP contribution in [0.5, 0.6) is 0 Å². The quantitative estimate of drug-likeness (QED) is 0.562. The van der Waals surface area contributed by atoms with Crippen LogP contribution in [0.25, 0.3) is 0 Å². The Bertz CT molecular complexity index is 201. The van der Waals surface area contributed by atoms with Gasteiger partial charge in [-0.25, -0.2) is 0 Å². The lowest BCUT2D eigenvalue weighted by atomic mass is 9.97. The Balaban J connectivity index is 3.95. The molecule has 1 unspecified atom stereocenters. The molecule has 0 spiro atoms. The van der Waals surface area contributed by atoms with Gasteiger partial charge in [0.1, 0.15) is 5.78 Å². The van der Waals surface area contributed by atoms with Gasteiger partial charge in [-0.3, -0.25) is 4.79 Å². The number of allylic oxidation sites excluding steroid dienone is 4. The Kier molecular flexibility index (Phi) is 8.20. The topological polar surface area (TPSA) is 17.1 Å². The van der Waals surface area contributed by atoms with Gasteiger partial charge in [-0.2, -0.15) is 0 Å². The Morgan fingerprint density at radius 3 is 2.57 bits per heavy atom. The van der Waals surface area contributed by atoms with Gasteiger partial charge in [0, 0.05) is 5.92 Å². The SMILES string of the molecule is CC=CCC=CC(CCCC)C(C)=O. The Hall–Kier alpha value is -0.850. The third kappa shape index (κ3) is 6.64. The fourth-order valence-electron chi connectivity index (χ4n) is 1.32. The van der Waals surface area contributed by atoms with Crippen molar-refractivity contribution in [1.29, 1.82) is 0 Å². The summed E-state index contributed by atoms with van der Waals surface area (Å²) in [6.07, 6.45) is 12.5. The molecule has 0 aliphatic carbocycles. The summed E-state index contributed by atoms with van der Waals surface area (Å²) in [5.74, 6) is 0.426. The van der Waals surface area contributed by atoms with Gasteiger partial charge in [0.05, 0.1) is 0 Å². The average Bonchev–Trinajstić information content (AvgIpc) is 2.16. The maximum atomic E-state index is 11.2. The van der Waals surface area contributed by atoms with Crippen molar-refractivity contribution in [2.45, 2.75) is 46.5 Å². The van der Waals surface area contributed by atoms with Crippen molar-refractivity contribution in [2.24, 2.45) is 5.92 Å². The molecule has 0 rings (SSSR count). The van der Waals surface area contributed by atoms with E-state index in [1.165, 1.54) is 0 Å². The molecule has 0 aromatic carbocycles. The number of rotatable bonds is 7. The molecule has 0 amide bonds. The lowest BCUT2D eigenvalue weighted by Crippen LogP contribution is -2.07. The van der Waals surface area contributed by atoms with Gasteiger partial charge < -0.3 is 0 Å². The van der Waals surface area contributed by atoms with Crippen molar-refractivity contribution in [3.63, 3.8) is 0 Å². The molecule has 0 aliphatic rings. The standard InChI is InChI=1S/C13H22O/c1-4-6-8-9-11-13(12(3)14)10-7-5-2/h4,6,9,11,13H,5,7-8,10H2,1-3H3. The van der Waals surface area contributed by atoms with E-state index in [1.54, 1.807) is 6.92 Å². The number of carbonyl (C=O) groups is 1. The number of ketones is 1. The molecule has 0 saturated carbocycles. The highest BCUT2D eigenvalue weighted by Gasteiger charge is 2.08. The summed E-state index contributed by atoms with van der Waals surface area (Å²) in [6, 6.07) is 0. The Labute approximate surface area is 87.9 Å². The van der Waals surface area contributed by atoms with Crippen molar-refractivity contribution in [3.05, 3.63) is 24.3 Å². The second-order valence-electron chi connectivity index (χ2n) is 3.59. The third-order valence-corrected chi connectivity index (χ3v) is 2.27. The molecule has 14 heavy (non-hydrogen) atoms. The van der Waals surface area contributed by atoms with Crippen LogP contribution in [0.15, 0.2) is 24.3 Å². The van der Waals surface area contributed by atoms with Gasteiger partial charge in [-0.1, -0.05) is 44.1 Å². The van der Waals surface area contributed by atoms with E-state index in [0.717, 1.165) is 25.7 Å². The smallest absolute Gasteiger partial charge is 0.136 e. The summed E-state index contributed by atoms with van der Waals surface area (Å²) in [7, 11) is 0. The molecule has 1 heteroatoms. The van der Waals surface area contributed by atoms with Gasteiger partial charge in [0.25, 0.3) is 0 Å². The first kappa shape index (κ1) is 13.2. The number of Topliss-reactive ketones (excluding diaryl/α,β-unsaturated/α-hetero) is 1. The Morgan fingerprint density at radius 1 is 1.36 bits per heavy atom. The van der Waals surface area contributed by atoms with Crippen molar-refractivity contribution in [2.75, 3.05) is 0 Å². The molecule has 0 aliphatic heterocycles. The molecule has 0 aromatic heterocycles. The van der Waals surface area contributed by atoms with E-state index in [1.807, 2.05) is 13.0 Å². The van der Waals surface area contributed by atoms with Gasteiger partial charge in [-0.05, 0) is 26.7 Å². The van der Waals surface area contributed by atoms with E-state index in [-0.39, 0.29) is 11.7 Å². The summed E-state index contributed by atoms with van der Waals surface area (Å²) >= 11 is 0. The van der Waals surface area contributed by atoms with Crippen LogP contribution < -0.4 is 0 Å². The highest BCUT2D eigenvalue weighted by Crippen LogP contribution is 2.11. The van der Waals surface area contributed by atoms with E-state index in [4.69, 9.17) is 0 Å². The van der Waals surface area contributed by atoms with Crippen molar-refractivity contribution in [3.8, 4) is 0 Å². The zero-order valence-corrected chi connectivity index (χ0v) is 9.62. The van der Waals surface area contributed by atoms with Crippen molar-refractivity contribution in [1.82, 2.24) is 0 Å². The fourth-order valence-corrected chi connectivity index (χ4v) is 1.32. The van der Waals surface area contributed by atoms with Crippen LogP contribution >= 0.6 is 0 Å². The minimum Gasteiger partial charge on any atom is -0.299 e. The van der Waals surface area contributed by atoms with Gasteiger partial charge in [-0.15, -0.1) is 0 Å². The van der Waals surface area contributed by atoms with E-state index in [2.05, 4.69) is 25.2 Å². The molecular formula is C13H22O. The second-order valence-corrected chi connectivity index (χ2v) is 3.59. The monoisotopic (exact) mass is 194 g/mol. The highest BCUT2D eigenvalue weighted by atomic mass is 16.1. The van der Waals surface area contributed by atoms with Gasteiger partial charge >= 0.3 is 0 Å². The zero-order chi connectivity index (χ0) is 10.8. The third-order valence-electron chi connectivity index (χ3n) is 2.27. The van der Waals surface area contributed by atoms with Crippen LogP contribution in [0, 0.1) is 5.92 Å². The van der Waals surface area contributed by atoms with E-state index in [9.17, 15) is 4.79 Å². The normalized spacial score (nSPS) is 13.9. The maximum absolute atomic E-state index is 11.2. The first-order valence-electron chi connectivity index (χ1n) is 5.50. The fraction of sp³-hybridized carbons (Fsp3) is 0.615. The molecule has 0 fully saturated rings. The summed E-state index contributed by atoms with van der Waals surface area (Å²) in [6.45, 7) is 5.84. The zero-order valence-electron chi connectivity index (χ0n) is 9.62. The number of hydrogen-bond acceptors (Lipinski definition) is 1. The molecule has 0 N–H and O–H groups in total. The summed E-state index contributed by atoms with van der Waals surface area (Å²) in [5.41, 5.74) is 0. The van der Waals surface area contributed by atoms with Crippen LogP contribution in [0.3, 0.4) is 0 Å². The molecule has 0 saturated heterocycles. The van der Waals surface area contributed by atoms with E-state index >= 15 is 0 Å². The highest BCUT2D eigenvalue weighted by molar-refractivity contribution is 5.79. The van der Waals surface area contributed by atoms with Crippen LogP contribution in [0.4, 0.5) is 0 Å². The van der Waals surface area contributed by atoms with Crippen LogP contribution in [0.1, 0.15) is 46.5 Å². The molecule has 0 radical (unpaired) electrons. The minimum absolute atomic E-state index is 0.139. The number of unbranched alkanes of at least 4 members (excludes halogenated alkanes) is 1. The molecule has 0 bridgehead atoms.